The monoisotopic (exact) mass is 248 g/mol. The molecule has 100 valence electrons. The second-order valence-corrected chi connectivity index (χ2v) is 4.98. The van der Waals surface area contributed by atoms with Gasteiger partial charge in [0.1, 0.15) is 0 Å². The average molecular weight is 248 g/mol. The third-order valence-corrected chi connectivity index (χ3v) is 3.12. The summed E-state index contributed by atoms with van der Waals surface area (Å²) in [6.45, 7) is 5.00. The van der Waals surface area contributed by atoms with Crippen molar-refractivity contribution in [3.8, 4) is 0 Å². The highest BCUT2D eigenvalue weighted by atomic mass is 16.2. The van der Waals surface area contributed by atoms with Crippen molar-refractivity contribution in [2.24, 2.45) is 0 Å². The van der Waals surface area contributed by atoms with Crippen LogP contribution >= 0.6 is 0 Å². The molecule has 0 radical (unpaired) electrons. The lowest BCUT2D eigenvalue weighted by Gasteiger charge is -2.19. The molecule has 0 heterocycles. The number of amides is 1. The molecule has 1 rings (SSSR count). The maximum atomic E-state index is 12.2. The van der Waals surface area contributed by atoms with Crippen molar-refractivity contribution in [2.45, 2.75) is 26.7 Å². The van der Waals surface area contributed by atoms with Gasteiger partial charge in [0.15, 0.2) is 0 Å². The van der Waals surface area contributed by atoms with Crippen molar-refractivity contribution >= 4 is 11.6 Å². The summed E-state index contributed by atoms with van der Waals surface area (Å²) in [7, 11) is 5.89. The first kappa shape index (κ1) is 14.6. The van der Waals surface area contributed by atoms with E-state index in [-0.39, 0.29) is 5.91 Å². The Kier molecular flexibility index (Phi) is 5.20. The normalized spacial score (nSPS) is 10.3. The van der Waals surface area contributed by atoms with E-state index in [9.17, 15) is 4.79 Å². The number of unbranched alkanes of at least 4 members (excludes halogenated alkanes) is 1. The van der Waals surface area contributed by atoms with Crippen LogP contribution < -0.4 is 4.90 Å². The van der Waals surface area contributed by atoms with Crippen molar-refractivity contribution in [3.05, 3.63) is 29.3 Å². The fourth-order valence-corrected chi connectivity index (χ4v) is 2.01. The Morgan fingerprint density at radius 2 is 1.89 bits per heavy atom. The van der Waals surface area contributed by atoms with E-state index in [1.54, 1.807) is 4.90 Å². The van der Waals surface area contributed by atoms with E-state index < -0.39 is 0 Å². The molecule has 0 bridgehead atoms. The van der Waals surface area contributed by atoms with E-state index in [0.717, 1.165) is 36.2 Å². The van der Waals surface area contributed by atoms with Gasteiger partial charge in [-0.15, -0.1) is 0 Å². The number of nitrogens with zero attached hydrogens (tertiary/aromatic N) is 2. The standard InChI is InChI=1S/C15H24N2O/c1-6-7-10-17(5)15(18)13-8-9-14(16(3)4)12(2)11-13/h8-9,11H,6-7,10H2,1-5H3. The minimum absolute atomic E-state index is 0.108. The number of carbonyl (C=O) groups excluding carboxylic acids is 1. The number of carbonyl (C=O) groups is 1. The van der Waals surface area contributed by atoms with Gasteiger partial charge < -0.3 is 9.80 Å². The summed E-state index contributed by atoms with van der Waals surface area (Å²) < 4.78 is 0. The van der Waals surface area contributed by atoms with Crippen LogP contribution in [0.25, 0.3) is 0 Å². The molecule has 1 amide bonds. The lowest BCUT2D eigenvalue weighted by atomic mass is 10.1. The smallest absolute Gasteiger partial charge is 0.253 e. The summed E-state index contributed by atoms with van der Waals surface area (Å²) in [5.41, 5.74) is 3.06. The highest BCUT2D eigenvalue weighted by Gasteiger charge is 2.12. The van der Waals surface area contributed by atoms with Crippen LogP contribution in [0.3, 0.4) is 0 Å². The zero-order valence-corrected chi connectivity index (χ0v) is 12.2. The number of hydrogen-bond donors (Lipinski definition) is 0. The minimum Gasteiger partial charge on any atom is -0.377 e. The molecular weight excluding hydrogens is 224 g/mol. The second kappa shape index (κ2) is 6.43. The van der Waals surface area contributed by atoms with Gasteiger partial charge in [0, 0.05) is 38.9 Å². The first-order valence-corrected chi connectivity index (χ1v) is 6.50. The maximum Gasteiger partial charge on any atom is 0.253 e. The molecule has 0 aliphatic rings. The van der Waals surface area contributed by atoms with Gasteiger partial charge in [-0.1, -0.05) is 13.3 Å². The van der Waals surface area contributed by atoms with Gasteiger partial charge in [0.05, 0.1) is 0 Å². The molecule has 3 heteroatoms. The molecular formula is C15H24N2O. The third-order valence-electron chi connectivity index (χ3n) is 3.12. The summed E-state index contributed by atoms with van der Waals surface area (Å²) in [5, 5.41) is 0. The van der Waals surface area contributed by atoms with Crippen LogP contribution in [0.2, 0.25) is 0 Å². The molecule has 0 aliphatic heterocycles. The van der Waals surface area contributed by atoms with Gasteiger partial charge in [-0.3, -0.25) is 4.79 Å². The number of rotatable bonds is 5. The van der Waals surface area contributed by atoms with E-state index >= 15 is 0 Å². The maximum absolute atomic E-state index is 12.2. The van der Waals surface area contributed by atoms with Crippen LogP contribution in [0.4, 0.5) is 5.69 Å². The Labute approximate surface area is 110 Å². The fourth-order valence-electron chi connectivity index (χ4n) is 2.01. The molecule has 0 aromatic heterocycles. The zero-order chi connectivity index (χ0) is 13.7. The minimum atomic E-state index is 0.108. The number of anilines is 1. The highest BCUT2D eigenvalue weighted by molar-refractivity contribution is 5.94. The van der Waals surface area contributed by atoms with E-state index in [1.807, 2.05) is 46.3 Å². The molecule has 1 aromatic carbocycles. The van der Waals surface area contributed by atoms with E-state index in [4.69, 9.17) is 0 Å². The molecule has 0 saturated carbocycles. The fraction of sp³-hybridized carbons (Fsp3) is 0.533. The van der Waals surface area contributed by atoms with Crippen molar-refractivity contribution in [2.75, 3.05) is 32.6 Å². The van der Waals surface area contributed by atoms with Crippen LogP contribution in [0, 0.1) is 6.92 Å². The Hall–Kier alpha value is -1.51. The van der Waals surface area contributed by atoms with Crippen molar-refractivity contribution in [1.82, 2.24) is 4.90 Å². The Bertz CT molecular complexity index is 413. The summed E-state index contributed by atoms with van der Waals surface area (Å²) in [6.07, 6.45) is 2.16. The van der Waals surface area contributed by atoms with Crippen molar-refractivity contribution < 1.29 is 4.79 Å². The molecule has 0 unspecified atom stereocenters. The molecule has 0 aliphatic carbocycles. The van der Waals surface area contributed by atoms with E-state index in [1.165, 1.54) is 0 Å². The Morgan fingerprint density at radius 1 is 1.22 bits per heavy atom. The molecule has 0 saturated heterocycles. The predicted molar refractivity (Wildman–Crippen MR) is 77.4 cm³/mol. The number of aryl methyl sites for hydroxylation is 1. The SMILES string of the molecule is CCCCN(C)C(=O)c1ccc(N(C)C)c(C)c1. The number of benzene rings is 1. The molecule has 0 atom stereocenters. The average Bonchev–Trinajstić information content (AvgIpc) is 2.34. The molecule has 0 N–H and O–H groups in total. The number of hydrogen-bond acceptors (Lipinski definition) is 2. The molecule has 18 heavy (non-hydrogen) atoms. The van der Waals surface area contributed by atoms with Gasteiger partial charge in [-0.25, -0.2) is 0 Å². The predicted octanol–water partition coefficient (Wildman–Crippen LogP) is 2.93. The zero-order valence-electron chi connectivity index (χ0n) is 12.2. The Balaban J connectivity index is 2.84. The lowest BCUT2D eigenvalue weighted by molar-refractivity contribution is 0.0793. The van der Waals surface area contributed by atoms with Crippen LogP contribution in [0.1, 0.15) is 35.7 Å². The second-order valence-electron chi connectivity index (χ2n) is 4.98. The van der Waals surface area contributed by atoms with Crippen LogP contribution in [0.5, 0.6) is 0 Å². The first-order valence-electron chi connectivity index (χ1n) is 6.50. The molecule has 3 nitrogen and oxygen atoms in total. The molecule has 0 fully saturated rings. The van der Waals surface area contributed by atoms with E-state index in [0.29, 0.717) is 0 Å². The lowest BCUT2D eigenvalue weighted by Crippen LogP contribution is -2.27. The summed E-state index contributed by atoms with van der Waals surface area (Å²) in [6, 6.07) is 5.89. The van der Waals surface area contributed by atoms with Crippen LogP contribution in [-0.2, 0) is 0 Å². The van der Waals surface area contributed by atoms with Gasteiger partial charge >= 0.3 is 0 Å². The van der Waals surface area contributed by atoms with Gasteiger partial charge in [0.2, 0.25) is 0 Å². The summed E-state index contributed by atoms with van der Waals surface area (Å²) in [4.78, 5) is 16.1. The third kappa shape index (κ3) is 3.49. The summed E-state index contributed by atoms with van der Waals surface area (Å²) >= 11 is 0. The van der Waals surface area contributed by atoms with Gasteiger partial charge in [0.25, 0.3) is 5.91 Å². The quantitative estimate of drug-likeness (QED) is 0.800. The summed E-state index contributed by atoms with van der Waals surface area (Å²) in [5.74, 6) is 0.108. The first-order chi connectivity index (χ1) is 8.47. The molecule has 0 spiro atoms. The van der Waals surface area contributed by atoms with Gasteiger partial charge in [-0.2, -0.15) is 0 Å². The van der Waals surface area contributed by atoms with Gasteiger partial charge in [-0.05, 0) is 37.1 Å². The van der Waals surface area contributed by atoms with Crippen LogP contribution in [-0.4, -0.2) is 38.5 Å². The Morgan fingerprint density at radius 3 is 2.39 bits per heavy atom. The highest BCUT2D eigenvalue weighted by Crippen LogP contribution is 2.19. The van der Waals surface area contributed by atoms with Crippen molar-refractivity contribution in [1.29, 1.82) is 0 Å². The topological polar surface area (TPSA) is 23.6 Å². The van der Waals surface area contributed by atoms with Crippen molar-refractivity contribution in [3.63, 3.8) is 0 Å². The van der Waals surface area contributed by atoms with E-state index in [2.05, 4.69) is 11.8 Å². The largest absolute Gasteiger partial charge is 0.377 e. The molecule has 1 aromatic rings. The van der Waals surface area contributed by atoms with Crippen LogP contribution in [0.15, 0.2) is 18.2 Å².